The number of halogens is 1. The molecule has 0 bridgehead atoms. The molecule has 0 atom stereocenters. The van der Waals surface area contributed by atoms with Gasteiger partial charge in [0.2, 0.25) is 0 Å². The predicted molar refractivity (Wildman–Crippen MR) is 76.0 cm³/mol. The number of nitriles is 1. The maximum Gasteiger partial charge on any atom is 0.271 e. The maximum absolute atomic E-state index is 12.1. The smallest absolute Gasteiger partial charge is 0.271 e. The van der Waals surface area contributed by atoms with Crippen molar-refractivity contribution in [3.8, 4) is 6.07 Å². The summed E-state index contributed by atoms with van der Waals surface area (Å²) in [5, 5.41) is 8.91. The topological polar surface area (TPSA) is 70.0 Å². The lowest BCUT2D eigenvalue weighted by Gasteiger charge is -2.08. The molecule has 98 valence electrons. The first kappa shape index (κ1) is 13.9. The summed E-state index contributed by atoms with van der Waals surface area (Å²) >= 11 is 7.11. The summed E-state index contributed by atoms with van der Waals surface area (Å²) in [6.07, 6.45) is 0. The average Bonchev–Trinajstić information content (AvgIpc) is 2.79. The predicted octanol–water partition coefficient (Wildman–Crippen LogP) is 3.38. The first-order valence-electron chi connectivity index (χ1n) is 5.21. The number of thiophene rings is 1. The van der Waals surface area contributed by atoms with E-state index in [-0.39, 0.29) is 14.9 Å². The number of hydrogen-bond donors (Lipinski definition) is 1. The van der Waals surface area contributed by atoms with E-state index in [0.29, 0.717) is 5.56 Å². The first-order chi connectivity index (χ1) is 8.92. The van der Waals surface area contributed by atoms with E-state index in [4.69, 9.17) is 16.9 Å². The molecule has 1 aromatic carbocycles. The van der Waals surface area contributed by atoms with Gasteiger partial charge in [0.05, 0.1) is 22.3 Å². The van der Waals surface area contributed by atoms with Gasteiger partial charge in [0.15, 0.2) is 0 Å². The third-order valence-electron chi connectivity index (χ3n) is 2.32. The molecular formula is C12H9ClN2O2S2. The molecule has 19 heavy (non-hydrogen) atoms. The molecule has 0 saturated heterocycles. The summed E-state index contributed by atoms with van der Waals surface area (Å²) in [7, 11) is -3.63. The summed E-state index contributed by atoms with van der Waals surface area (Å²) in [5.41, 5.74) is 0.631. The lowest BCUT2D eigenvalue weighted by molar-refractivity contribution is 0.603. The molecule has 2 rings (SSSR count). The highest BCUT2D eigenvalue weighted by molar-refractivity contribution is 7.94. The Balaban J connectivity index is 2.34. The highest BCUT2D eigenvalue weighted by Gasteiger charge is 2.17. The van der Waals surface area contributed by atoms with Crippen LogP contribution >= 0.6 is 22.9 Å². The van der Waals surface area contributed by atoms with E-state index in [2.05, 4.69) is 4.72 Å². The molecule has 0 unspecified atom stereocenters. The molecule has 2 aromatic rings. The van der Waals surface area contributed by atoms with Gasteiger partial charge in [0.1, 0.15) is 4.21 Å². The minimum Gasteiger partial charge on any atom is -0.277 e. The Kier molecular flexibility index (Phi) is 3.80. The number of sulfonamides is 1. The van der Waals surface area contributed by atoms with Crippen LogP contribution in [0.1, 0.15) is 10.4 Å². The zero-order valence-electron chi connectivity index (χ0n) is 9.84. The Hall–Kier alpha value is -1.55. The monoisotopic (exact) mass is 312 g/mol. The third-order valence-corrected chi connectivity index (χ3v) is 5.49. The normalized spacial score (nSPS) is 11.0. The van der Waals surface area contributed by atoms with Crippen molar-refractivity contribution in [2.75, 3.05) is 4.72 Å². The number of benzene rings is 1. The van der Waals surface area contributed by atoms with E-state index in [9.17, 15) is 8.42 Å². The van der Waals surface area contributed by atoms with E-state index in [1.54, 1.807) is 12.1 Å². The summed E-state index contributed by atoms with van der Waals surface area (Å²) in [6, 6.07) is 9.60. The van der Waals surface area contributed by atoms with Gasteiger partial charge in [-0.05, 0) is 37.3 Å². The van der Waals surface area contributed by atoms with Gasteiger partial charge in [-0.15, -0.1) is 11.3 Å². The summed E-state index contributed by atoms with van der Waals surface area (Å²) in [4.78, 5) is 0.909. The lowest BCUT2D eigenvalue weighted by atomic mass is 10.2. The highest BCUT2D eigenvalue weighted by atomic mass is 35.5. The molecule has 0 amide bonds. The van der Waals surface area contributed by atoms with Crippen LogP contribution in [-0.4, -0.2) is 8.42 Å². The molecule has 0 aliphatic rings. The van der Waals surface area contributed by atoms with Gasteiger partial charge in [-0.1, -0.05) is 11.6 Å². The van der Waals surface area contributed by atoms with Crippen molar-refractivity contribution in [1.82, 2.24) is 0 Å². The standard InChI is InChI=1S/C12H9ClN2O2S2/c1-8-2-5-12(18-8)19(16,17)15-11-4-3-9(7-14)6-10(11)13/h2-6,15H,1H3. The number of nitrogens with one attached hydrogen (secondary N) is 1. The Labute approximate surface area is 120 Å². The van der Waals surface area contributed by atoms with Gasteiger partial charge in [-0.25, -0.2) is 8.42 Å². The zero-order valence-corrected chi connectivity index (χ0v) is 12.2. The van der Waals surface area contributed by atoms with Crippen LogP contribution in [0.15, 0.2) is 34.5 Å². The first-order valence-corrected chi connectivity index (χ1v) is 7.89. The number of nitrogens with zero attached hydrogens (tertiary/aromatic N) is 1. The van der Waals surface area contributed by atoms with Crippen molar-refractivity contribution in [2.45, 2.75) is 11.1 Å². The van der Waals surface area contributed by atoms with Gasteiger partial charge in [-0.3, -0.25) is 4.72 Å². The van der Waals surface area contributed by atoms with Crippen LogP contribution in [0.25, 0.3) is 0 Å². The van der Waals surface area contributed by atoms with Crippen LogP contribution in [0, 0.1) is 18.3 Å². The molecule has 0 radical (unpaired) electrons. The summed E-state index contributed by atoms with van der Waals surface area (Å²) in [5.74, 6) is 0. The second kappa shape index (κ2) is 5.21. The van der Waals surface area contributed by atoms with Gasteiger partial charge in [0.25, 0.3) is 10.0 Å². The maximum atomic E-state index is 12.1. The molecule has 1 aromatic heterocycles. The van der Waals surface area contributed by atoms with Crippen LogP contribution in [0.5, 0.6) is 0 Å². The SMILES string of the molecule is Cc1ccc(S(=O)(=O)Nc2ccc(C#N)cc2Cl)s1. The van der Waals surface area contributed by atoms with E-state index < -0.39 is 10.0 Å². The van der Waals surface area contributed by atoms with Crippen LogP contribution in [-0.2, 0) is 10.0 Å². The highest BCUT2D eigenvalue weighted by Crippen LogP contribution is 2.28. The fourth-order valence-corrected chi connectivity index (χ4v) is 4.07. The van der Waals surface area contributed by atoms with Crippen LogP contribution in [0.3, 0.4) is 0 Å². The fourth-order valence-electron chi connectivity index (χ4n) is 1.42. The molecule has 0 aliphatic heterocycles. The van der Waals surface area contributed by atoms with Gasteiger partial charge < -0.3 is 0 Å². The molecule has 7 heteroatoms. The van der Waals surface area contributed by atoms with Crippen LogP contribution in [0.4, 0.5) is 5.69 Å². The van der Waals surface area contributed by atoms with Gasteiger partial charge in [0, 0.05) is 4.88 Å². The molecule has 0 spiro atoms. The number of hydrogen-bond acceptors (Lipinski definition) is 4. The second-order valence-corrected chi connectivity index (χ2v) is 7.38. The molecule has 1 heterocycles. The molecule has 4 nitrogen and oxygen atoms in total. The third kappa shape index (κ3) is 3.07. The fraction of sp³-hybridized carbons (Fsp3) is 0.0833. The van der Waals surface area contributed by atoms with Crippen molar-refractivity contribution in [3.05, 3.63) is 45.8 Å². The van der Waals surface area contributed by atoms with Crippen molar-refractivity contribution in [2.24, 2.45) is 0 Å². The molecule has 0 aliphatic carbocycles. The number of aryl methyl sites for hydroxylation is 1. The Morgan fingerprint density at radius 2 is 2.05 bits per heavy atom. The van der Waals surface area contributed by atoms with Gasteiger partial charge >= 0.3 is 0 Å². The largest absolute Gasteiger partial charge is 0.277 e. The van der Waals surface area contributed by atoms with Crippen molar-refractivity contribution in [3.63, 3.8) is 0 Å². The Bertz CT molecular complexity index is 760. The Morgan fingerprint density at radius 1 is 1.32 bits per heavy atom. The number of anilines is 1. The van der Waals surface area contributed by atoms with E-state index in [0.717, 1.165) is 4.88 Å². The summed E-state index contributed by atoms with van der Waals surface area (Å²) in [6.45, 7) is 1.83. The van der Waals surface area contributed by atoms with Crippen LogP contribution in [0.2, 0.25) is 5.02 Å². The van der Waals surface area contributed by atoms with E-state index in [1.165, 1.54) is 29.5 Å². The minimum absolute atomic E-state index is 0.191. The van der Waals surface area contributed by atoms with Gasteiger partial charge in [-0.2, -0.15) is 5.26 Å². The quantitative estimate of drug-likeness (QED) is 0.944. The van der Waals surface area contributed by atoms with E-state index >= 15 is 0 Å². The summed E-state index contributed by atoms with van der Waals surface area (Å²) < 4.78 is 26.8. The van der Waals surface area contributed by atoms with Crippen LogP contribution < -0.4 is 4.72 Å². The average molecular weight is 313 g/mol. The van der Waals surface area contributed by atoms with Crippen molar-refractivity contribution >= 4 is 38.6 Å². The Morgan fingerprint density at radius 3 is 2.58 bits per heavy atom. The molecule has 0 fully saturated rings. The second-order valence-electron chi connectivity index (χ2n) is 3.78. The molecule has 1 N–H and O–H groups in total. The minimum atomic E-state index is -3.63. The van der Waals surface area contributed by atoms with E-state index in [1.807, 2.05) is 13.0 Å². The molecule has 0 saturated carbocycles. The van der Waals surface area contributed by atoms with Crippen molar-refractivity contribution in [1.29, 1.82) is 5.26 Å². The number of rotatable bonds is 3. The lowest BCUT2D eigenvalue weighted by Crippen LogP contribution is -2.11. The van der Waals surface area contributed by atoms with Crippen molar-refractivity contribution < 1.29 is 8.42 Å². The zero-order chi connectivity index (χ0) is 14.0. The molecular weight excluding hydrogens is 304 g/mol.